The molecule has 0 aliphatic carbocycles. The molecular formula is C17H18FN3O2S. The van der Waals surface area contributed by atoms with Crippen LogP contribution in [0.4, 0.5) is 4.39 Å². The van der Waals surface area contributed by atoms with Gasteiger partial charge in [-0.3, -0.25) is 0 Å². The standard InChI is InChI=1S/C17H18FN3O2S/c1-12-7-8-14(18)11-17(12)24(22,23)19-9-10-21-13(2)20-15-5-3-4-6-16(15)21/h3-8,11,19H,9-10H2,1-2H3. The number of hydrogen-bond acceptors (Lipinski definition) is 3. The van der Waals surface area contributed by atoms with Gasteiger partial charge >= 0.3 is 0 Å². The normalized spacial score (nSPS) is 12.0. The van der Waals surface area contributed by atoms with Crippen LogP contribution in [0.25, 0.3) is 11.0 Å². The van der Waals surface area contributed by atoms with Crippen molar-refractivity contribution in [1.82, 2.24) is 14.3 Å². The van der Waals surface area contributed by atoms with Crippen LogP contribution in [0.5, 0.6) is 0 Å². The number of hydrogen-bond donors (Lipinski definition) is 1. The summed E-state index contributed by atoms with van der Waals surface area (Å²) in [6.45, 7) is 4.16. The number of halogens is 1. The van der Waals surface area contributed by atoms with Gasteiger partial charge in [-0.1, -0.05) is 18.2 Å². The van der Waals surface area contributed by atoms with E-state index in [-0.39, 0.29) is 11.4 Å². The fourth-order valence-electron chi connectivity index (χ4n) is 2.71. The van der Waals surface area contributed by atoms with Gasteiger partial charge in [0, 0.05) is 13.1 Å². The van der Waals surface area contributed by atoms with E-state index in [1.165, 1.54) is 12.1 Å². The van der Waals surface area contributed by atoms with Crippen LogP contribution in [0.2, 0.25) is 0 Å². The quantitative estimate of drug-likeness (QED) is 0.772. The molecule has 1 N–H and O–H groups in total. The third-order valence-corrected chi connectivity index (χ3v) is 5.52. The second kappa shape index (κ2) is 6.33. The number of nitrogens with zero attached hydrogens (tertiary/aromatic N) is 2. The molecule has 0 fully saturated rings. The van der Waals surface area contributed by atoms with E-state index >= 15 is 0 Å². The minimum absolute atomic E-state index is 0.0327. The summed E-state index contributed by atoms with van der Waals surface area (Å²) in [5.41, 5.74) is 2.34. The van der Waals surface area contributed by atoms with Gasteiger partial charge in [0.15, 0.2) is 0 Å². The number of nitrogens with one attached hydrogen (secondary N) is 1. The first kappa shape index (κ1) is 16.6. The van der Waals surface area contributed by atoms with Gasteiger partial charge in [-0.05, 0) is 43.7 Å². The molecule has 0 spiro atoms. The maximum absolute atomic E-state index is 13.3. The van der Waals surface area contributed by atoms with Crippen LogP contribution in [0.15, 0.2) is 47.4 Å². The third-order valence-electron chi connectivity index (χ3n) is 3.91. The van der Waals surface area contributed by atoms with Crippen molar-refractivity contribution in [2.45, 2.75) is 25.3 Å². The van der Waals surface area contributed by atoms with Crippen LogP contribution in [0, 0.1) is 19.7 Å². The molecule has 0 saturated heterocycles. The molecule has 0 amide bonds. The van der Waals surface area contributed by atoms with Crippen molar-refractivity contribution in [3.63, 3.8) is 0 Å². The molecule has 0 atom stereocenters. The fourth-order valence-corrected chi connectivity index (χ4v) is 3.99. The van der Waals surface area contributed by atoms with Gasteiger partial charge < -0.3 is 4.57 Å². The van der Waals surface area contributed by atoms with E-state index in [1.807, 2.05) is 35.8 Å². The Balaban J connectivity index is 1.78. The first-order valence-corrected chi connectivity index (χ1v) is 9.04. The summed E-state index contributed by atoms with van der Waals surface area (Å²) in [5.74, 6) is 0.245. The molecular weight excluding hydrogens is 329 g/mol. The lowest BCUT2D eigenvalue weighted by Crippen LogP contribution is -2.28. The summed E-state index contributed by atoms with van der Waals surface area (Å²) in [4.78, 5) is 4.42. The van der Waals surface area contributed by atoms with Crippen LogP contribution in [0.3, 0.4) is 0 Å². The first-order chi connectivity index (χ1) is 11.4. The number of imidazole rings is 1. The molecule has 0 unspecified atom stereocenters. The fraction of sp³-hybridized carbons (Fsp3) is 0.235. The van der Waals surface area contributed by atoms with Gasteiger partial charge in [-0.15, -0.1) is 0 Å². The Morgan fingerprint density at radius 3 is 2.71 bits per heavy atom. The molecule has 0 saturated carbocycles. The van der Waals surface area contributed by atoms with Crippen LogP contribution < -0.4 is 4.72 Å². The lowest BCUT2D eigenvalue weighted by atomic mass is 10.2. The molecule has 126 valence electrons. The van der Waals surface area contributed by atoms with Crippen LogP contribution in [-0.4, -0.2) is 24.5 Å². The molecule has 0 bridgehead atoms. The average Bonchev–Trinajstić information content (AvgIpc) is 2.85. The zero-order valence-electron chi connectivity index (χ0n) is 13.5. The predicted molar refractivity (Wildman–Crippen MR) is 90.8 cm³/mol. The Bertz CT molecular complexity index is 996. The Kier molecular flexibility index (Phi) is 4.38. The van der Waals surface area contributed by atoms with Crippen molar-refractivity contribution >= 4 is 21.1 Å². The smallest absolute Gasteiger partial charge is 0.240 e. The molecule has 0 radical (unpaired) electrons. The second-order valence-electron chi connectivity index (χ2n) is 5.61. The number of aryl methyl sites for hydroxylation is 2. The highest BCUT2D eigenvalue weighted by Gasteiger charge is 2.17. The van der Waals surface area contributed by atoms with E-state index < -0.39 is 15.8 Å². The van der Waals surface area contributed by atoms with E-state index in [9.17, 15) is 12.8 Å². The maximum Gasteiger partial charge on any atom is 0.240 e. The molecule has 2 aromatic carbocycles. The van der Waals surface area contributed by atoms with Crippen molar-refractivity contribution in [3.8, 4) is 0 Å². The molecule has 0 aliphatic rings. The predicted octanol–water partition coefficient (Wildman–Crippen LogP) is 2.77. The molecule has 1 heterocycles. The van der Waals surface area contributed by atoms with Gasteiger partial charge in [-0.25, -0.2) is 22.5 Å². The number of sulfonamides is 1. The highest BCUT2D eigenvalue weighted by molar-refractivity contribution is 7.89. The summed E-state index contributed by atoms with van der Waals surface area (Å²) in [5, 5.41) is 0. The first-order valence-electron chi connectivity index (χ1n) is 7.56. The highest BCUT2D eigenvalue weighted by Crippen LogP contribution is 2.17. The molecule has 5 nitrogen and oxygen atoms in total. The van der Waals surface area contributed by atoms with Gasteiger partial charge in [0.25, 0.3) is 0 Å². The maximum atomic E-state index is 13.3. The number of rotatable bonds is 5. The summed E-state index contributed by atoms with van der Waals surface area (Å²) >= 11 is 0. The minimum Gasteiger partial charge on any atom is -0.327 e. The molecule has 3 rings (SSSR count). The van der Waals surface area contributed by atoms with Crippen molar-refractivity contribution in [2.24, 2.45) is 0 Å². The number of para-hydroxylation sites is 2. The zero-order chi connectivity index (χ0) is 17.3. The van der Waals surface area contributed by atoms with E-state index in [0.717, 1.165) is 22.9 Å². The average molecular weight is 347 g/mol. The van der Waals surface area contributed by atoms with Crippen molar-refractivity contribution in [2.75, 3.05) is 6.54 Å². The Morgan fingerprint density at radius 1 is 1.17 bits per heavy atom. The topological polar surface area (TPSA) is 64.0 Å². The zero-order valence-corrected chi connectivity index (χ0v) is 14.3. The lowest BCUT2D eigenvalue weighted by Gasteiger charge is -2.11. The summed E-state index contributed by atoms with van der Waals surface area (Å²) in [6.07, 6.45) is 0. The monoisotopic (exact) mass is 347 g/mol. The molecule has 7 heteroatoms. The third kappa shape index (κ3) is 3.18. The number of fused-ring (bicyclic) bond motifs is 1. The Labute approximate surface area is 140 Å². The van der Waals surface area contributed by atoms with Crippen LogP contribution in [0.1, 0.15) is 11.4 Å². The van der Waals surface area contributed by atoms with Gasteiger partial charge in [0.05, 0.1) is 15.9 Å². The molecule has 1 aromatic heterocycles. The van der Waals surface area contributed by atoms with Crippen molar-refractivity contribution in [3.05, 3.63) is 59.7 Å². The van der Waals surface area contributed by atoms with Gasteiger partial charge in [-0.2, -0.15) is 0 Å². The molecule has 24 heavy (non-hydrogen) atoms. The largest absolute Gasteiger partial charge is 0.327 e. The summed E-state index contributed by atoms with van der Waals surface area (Å²) in [7, 11) is -3.76. The minimum atomic E-state index is -3.76. The Hall–Kier alpha value is -2.25. The van der Waals surface area contributed by atoms with Gasteiger partial charge in [0.2, 0.25) is 10.0 Å². The van der Waals surface area contributed by atoms with Gasteiger partial charge in [0.1, 0.15) is 11.6 Å². The molecule has 0 aliphatic heterocycles. The van der Waals surface area contributed by atoms with Crippen molar-refractivity contribution < 1.29 is 12.8 Å². The van der Waals surface area contributed by atoms with E-state index in [2.05, 4.69) is 9.71 Å². The van der Waals surface area contributed by atoms with E-state index in [1.54, 1.807) is 6.92 Å². The molecule has 3 aromatic rings. The number of aromatic nitrogens is 2. The van der Waals surface area contributed by atoms with E-state index in [4.69, 9.17) is 0 Å². The van der Waals surface area contributed by atoms with Crippen LogP contribution in [-0.2, 0) is 16.6 Å². The number of benzene rings is 2. The summed E-state index contributed by atoms with van der Waals surface area (Å²) in [6, 6.07) is 11.4. The van der Waals surface area contributed by atoms with E-state index in [0.29, 0.717) is 12.1 Å². The van der Waals surface area contributed by atoms with Crippen LogP contribution >= 0.6 is 0 Å². The summed E-state index contributed by atoms with van der Waals surface area (Å²) < 4.78 is 42.6. The highest BCUT2D eigenvalue weighted by atomic mass is 32.2. The van der Waals surface area contributed by atoms with Crippen molar-refractivity contribution in [1.29, 1.82) is 0 Å². The SMILES string of the molecule is Cc1ccc(F)cc1S(=O)(=O)NCCn1c(C)nc2ccccc21. The second-order valence-corrected chi connectivity index (χ2v) is 7.34. The lowest BCUT2D eigenvalue weighted by molar-refractivity contribution is 0.569. The Morgan fingerprint density at radius 2 is 1.92 bits per heavy atom.